The number of nitrogens with zero attached hydrogens (tertiary/aromatic N) is 2. The van der Waals surface area contributed by atoms with Crippen molar-refractivity contribution in [3.63, 3.8) is 0 Å². The highest BCUT2D eigenvalue weighted by atomic mass is 35.5. The molecular weight excluding hydrogens is 712 g/mol. The molecule has 0 unspecified atom stereocenters. The largest absolute Gasteiger partial charge is 0.352 e. The molecule has 4 aromatic rings. The molecule has 0 spiro atoms. The molecule has 7 nitrogen and oxygen atoms in total. The molecule has 2 amide bonds. The number of sulfonamides is 1. The van der Waals surface area contributed by atoms with E-state index in [2.05, 4.69) is 5.32 Å². The fraction of sp³-hybridized carbons (Fsp3) is 0.278. The van der Waals surface area contributed by atoms with Crippen LogP contribution in [0.5, 0.6) is 0 Å². The molecule has 252 valence electrons. The Balaban J connectivity index is 1.61. The standard InChI is InChI=1S/C36H35Cl4N3O4S/c1-24-14-18-29(19-15-24)48(46,47)43(32-13-7-12-30(38)35(32)40)23-34(44)42(22-26-16-17-27(37)21-31(26)39)33(20-25-8-3-2-4-9-25)36(45)41-28-10-5-6-11-28/h2-4,7-9,12-19,21,28,33H,5-6,10-11,20,22-23H2,1H3,(H,41,45)/t33-/m0/s1. The van der Waals surface area contributed by atoms with Gasteiger partial charge in [-0.2, -0.15) is 0 Å². The third-order valence-electron chi connectivity index (χ3n) is 8.42. The van der Waals surface area contributed by atoms with Crippen LogP contribution in [0.25, 0.3) is 0 Å². The minimum absolute atomic E-state index is 0.0180. The number of benzene rings is 4. The molecule has 0 heterocycles. The second-order valence-corrected chi connectivity index (χ2v) is 15.3. The molecule has 0 aromatic heterocycles. The Morgan fingerprint density at radius 1 is 0.854 bits per heavy atom. The van der Waals surface area contributed by atoms with Gasteiger partial charge >= 0.3 is 0 Å². The quantitative estimate of drug-likeness (QED) is 0.158. The highest BCUT2D eigenvalue weighted by Crippen LogP contribution is 2.36. The molecule has 1 aliphatic carbocycles. The minimum atomic E-state index is -4.35. The molecule has 12 heteroatoms. The highest BCUT2D eigenvalue weighted by Gasteiger charge is 2.36. The first-order chi connectivity index (χ1) is 22.9. The van der Waals surface area contributed by atoms with Gasteiger partial charge < -0.3 is 10.2 Å². The van der Waals surface area contributed by atoms with E-state index in [1.807, 2.05) is 37.3 Å². The van der Waals surface area contributed by atoms with E-state index in [1.165, 1.54) is 29.2 Å². The summed E-state index contributed by atoms with van der Waals surface area (Å²) in [7, 11) is -4.35. The summed E-state index contributed by atoms with van der Waals surface area (Å²) in [5, 5.41) is 3.95. The average molecular weight is 748 g/mol. The third kappa shape index (κ3) is 8.65. The smallest absolute Gasteiger partial charge is 0.264 e. The maximum atomic E-state index is 14.7. The third-order valence-corrected chi connectivity index (χ3v) is 11.6. The molecule has 0 saturated heterocycles. The van der Waals surface area contributed by atoms with Gasteiger partial charge in [0.15, 0.2) is 0 Å². The predicted molar refractivity (Wildman–Crippen MR) is 194 cm³/mol. The summed E-state index contributed by atoms with van der Waals surface area (Å²) in [6.45, 7) is 1.07. The summed E-state index contributed by atoms with van der Waals surface area (Å²) in [5.74, 6) is -0.979. The number of carbonyl (C=O) groups excluding carboxylic acids is 2. The Morgan fingerprint density at radius 2 is 1.54 bits per heavy atom. The molecule has 5 rings (SSSR count). The molecule has 4 aromatic carbocycles. The Bertz CT molecular complexity index is 1870. The first-order valence-electron chi connectivity index (χ1n) is 15.5. The lowest BCUT2D eigenvalue weighted by Crippen LogP contribution is -2.54. The van der Waals surface area contributed by atoms with Gasteiger partial charge in [0.1, 0.15) is 12.6 Å². The average Bonchev–Trinajstić information content (AvgIpc) is 3.57. The van der Waals surface area contributed by atoms with Crippen LogP contribution in [0, 0.1) is 6.92 Å². The van der Waals surface area contributed by atoms with E-state index in [1.54, 1.807) is 36.4 Å². The molecule has 1 aliphatic rings. The van der Waals surface area contributed by atoms with E-state index in [9.17, 15) is 18.0 Å². The lowest BCUT2D eigenvalue weighted by molar-refractivity contribution is -0.140. The topological polar surface area (TPSA) is 86.8 Å². The summed E-state index contributed by atoms with van der Waals surface area (Å²) >= 11 is 25.7. The molecule has 1 saturated carbocycles. The van der Waals surface area contributed by atoms with E-state index in [0.717, 1.165) is 41.1 Å². The van der Waals surface area contributed by atoms with E-state index in [0.29, 0.717) is 15.6 Å². The summed E-state index contributed by atoms with van der Waals surface area (Å²) in [6, 6.07) is 24.1. The molecule has 0 radical (unpaired) electrons. The van der Waals surface area contributed by atoms with Crippen molar-refractivity contribution in [2.45, 2.75) is 62.6 Å². The lowest BCUT2D eigenvalue weighted by Gasteiger charge is -2.34. The fourth-order valence-corrected chi connectivity index (χ4v) is 8.13. The second-order valence-electron chi connectivity index (χ2n) is 11.9. The molecule has 48 heavy (non-hydrogen) atoms. The van der Waals surface area contributed by atoms with E-state index in [-0.39, 0.29) is 45.5 Å². The fourth-order valence-electron chi connectivity index (χ4n) is 5.79. The van der Waals surface area contributed by atoms with Crippen molar-refractivity contribution < 1.29 is 18.0 Å². The van der Waals surface area contributed by atoms with Crippen LogP contribution in [-0.4, -0.2) is 43.8 Å². The zero-order valence-corrected chi connectivity index (χ0v) is 30.1. The van der Waals surface area contributed by atoms with Gasteiger partial charge in [-0.1, -0.05) is 119 Å². The van der Waals surface area contributed by atoms with Crippen molar-refractivity contribution in [3.05, 3.63) is 128 Å². The zero-order chi connectivity index (χ0) is 34.4. The van der Waals surface area contributed by atoms with Crippen LogP contribution in [0.4, 0.5) is 5.69 Å². The van der Waals surface area contributed by atoms with Gasteiger partial charge in [-0.25, -0.2) is 8.42 Å². The van der Waals surface area contributed by atoms with Gasteiger partial charge in [-0.3, -0.25) is 13.9 Å². The molecule has 1 fully saturated rings. The molecule has 0 aliphatic heterocycles. The van der Waals surface area contributed by atoms with E-state index >= 15 is 0 Å². The Hall–Kier alpha value is -3.27. The predicted octanol–water partition coefficient (Wildman–Crippen LogP) is 8.50. The van der Waals surface area contributed by atoms with Gasteiger partial charge in [0.05, 0.1) is 20.6 Å². The monoisotopic (exact) mass is 745 g/mol. The number of halogens is 4. The lowest BCUT2D eigenvalue weighted by atomic mass is 10.0. The van der Waals surface area contributed by atoms with Gasteiger partial charge in [0, 0.05) is 29.1 Å². The van der Waals surface area contributed by atoms with Gasteiger partial charge in [0.25, 0.3) is 10.0 Å². The summed E-state index contributed by atoms with van der Waals surface area (Å²) in [5.41, 5.74) is 2.25. The molecular formula is C36H35Cl4N3O4S. The van der Waals surface area contributed by atoms with Gasteiger partial charge in [-0.05, 0) is 67.3 Å². The van der Waals surface area contributed by atoms with Crippen molar-refractivity contribution in [1.82, 2.24) is 10.2 Å². The summed E-state index contributed by atoms with van der Waals surface area (Å²) in [6.07, 6.45) is 3.87. The van der Waals surface area contributed by atoms with Crippen LogP contribution in [0.15, 0.2) is 95.9 Å². The number of carbonyl (C=O) groups is 2. The number of anilines is 1. The summed E-state index contributed by atoms with van der Waals surface area (Å²) < 4.78 is 29.5. The Labute approximate surface area is 301 Å². The van der Waals surface area contributed by atoms with Crippen LogP contribution in [0.2, 0.25) is 20.1 Å². The normalized spacial score (nSPS) is 14.0. The minimum Gasteiger partial charge on any atom is -0.352 e. The number of amides is 2. The number of hydrogen-bond acceptors (Lipinski definition) is 4. The number of rotatable bonds is 12. The SMILES string of the molecule is Cc1ccc(S(=O)(=O)N(CC(=O)N(Cc2ccc(Cl)cc2Cl)[C@@H](Cc2ccccc2)C(=O)NC2CCCC2)c2cccc(Cl)c2Cl)cc1. The molecule has 1 N–H and O–H groups in total. The van der Waals surface area contributed by atoms with Crippen LogP contribution >= 0.6 is 46.4 Å². The Kier molecular flexibility index (Phi) is 12.0. The van der Waals surface area contributed by atoms with Crippen molar-refractivity contribution in [2.75, 3.05) is 10.8 Å². The number of hydrogen-bond donors (Lipinski definition) is 1. The Morgan fingerprint density at radius 3 is 2.21 bits per heavy atom. The first-order valence-corrected chi connectivity index (χ1v) is 18.5. The summed E-state index contributed by atoms with van der Waals surface area (Å²) in [4.78, 5) is 30.2. The van der Waals surface area contributed by atoms with Crippen LogP contribution < -0.4 is 9.62 Å². The van der Waals surface area contributed by atoms with Crippen molar-refractivity contribution >= 4 is 73.9 Å². The number of aryl methyl sites for hydroxylation is 1. The van der Waals surface area contributed by atoms with Crippen LogP contribution in [0.1, 0.15) is 42.4 Å². The van der Waals surface area contributed by atoms with Crippen LogP contribution in [-0.2, 0) is 32.6 Å². The first kappa shape index (κ1) is 36.0. The van der Waals surface area contributed by atoms with E-state index in [4.69, 9.17) is 46.4 Å². The molecule has 0 bridgehead atoms. The maximum Gasteiger partial charge on any atom is 0.264 e. The highest BCUT2D eigenvalue weighted by molar-refractivity contribution is 7.92. The van der Waals surface area contributed by atoms with Gasteiger partial charge in [-0.15, -0.1) is 0 Å². The molecule has 1 atom stereocenters. The van der Waals surface area contributed by atoms with Crippen molar-refractivity contribution in [3.8, 4) is 0 Å². The van der Waals surface area contributed by atoms with Crippen molar-refractivity contribution in [1.29, 1.82) is 0 Å². The zero-order valence-electron chi connectivity index (χ0n) is 26.2. The number of nitrogens with one attached hydrogen (secondary N) is 1. The van der Waals surface area contributed by atoms with Crippen molar-refractivity contribution in [2.24, 2.45) is 0 Å². The second kappa shape index (κ2) is 16.0. The van der Waals surface area contributed by atoms with E-state index < -0.39 is 28.5 Å². The maximum absolute atomic E-state index is 14.7. The van der Waals surface area contributed by atoms with Crippen LogP contribution in [0.3, 0.4) is 0 Å². The van der Waals surface area contributed by atoms with Gasteiger partial charge in [0.2, 0.25) is 11.8 Å².